The standard InChI is InChI=1S/C33H29Cl2F3N6O5/c1-31(14-18-2-4-24(5-3-18)49-33(36,37)38)28(47)43(23-12-21(34)11-22(35)13-23)30-40-16-25(44(30)31)27(46)41-32(7-8-32)29(48)42-9-6-19(17-42)20-10-26(45)39-15-20/h2-5,10-13,16,19H,6-9,14-15,17H2,1H3,(H,39,45)(H,41,46)/t19-,31-/m1/s1. The summed E-state index contributed by atoms with van der Waals surface area (Å²) in [7, 11) is 0. The van der Waals surface area contributed by atoms with Gasteiger partial charge in [-0.1, -0.05) is 35.3 Å². The molecule has 1 aromatic heterocycles. The first-order valence-corrected chi connectivity index (χ1v) is 16.3. The number of anilines is 2. The van der Waals surface area contributed by atoms with E-state index in [0.717, 1.165) is 17.7 Å². The maximum absolute atomic E-state index is 14.3. The second-order valence-electron chi connectivity index (χ2n) is 12.9. The fourth-order valence-corrected chi connectivity index (χ4v) is 7.42. The number of imidazole rings is 1. The number of hydrogen-bond donors (Lipinski definition) is 2. The van der Waals surface area contributed by atoms with Crippen molar-refractivity contribution in [2.45, 2.75) is 50.0 Å². The van der Waals surface area contributed by atoms with Gasteiger partial charge in [0, 0.05) is 48.1 Å². The number of halogens is 5. The third-order valence-corrected chi connectivity index (χ3v) is 9.88. The van der Waals surface area contributed by atoms with Crippen molar-refractivity contribution < 1.29 is 37.1 Å². The molecule has 0 spiro atoms. The number of ether oxygens (including phenoxy) is 1. The highest BCUT2D eigenvalue weighted by atomic mass is 35.5. The number of likely N-dealkylation sites (tertiary alicyclic amines) is 1. The van der Waals surface area contributed by atoms with Crippen LogP contribution in [0.15, 0.2) is 60.3 Å². The number of alkyl halides is 3. The second-order valence-corrected chi connectivity index (χ2v) is 13.8. The maximum Gasteiger partial charge on any atom is 0.573 e. The highest BCUT2D eigenvalue weighted by Crippen LogP contribution is 2.45. The molecule has 3 aliphatic heterocycles. The van der Waals surface area contributed by atoms with E-state index in [0.29, 0.717) is 50.1 Å². The molecule has 4 aliphatic rings. The minimum Gasteiger partial charge on any atom is -0.406 e. The van der Waals surface area contributed by atoms with Gasteiger partial charge in [0.15, 0.2) is 0 Å². The Bertz CT molecular complexity index is 1910. The number of carbonyl (C=O) groups excluding carboxylic acids is 4. The predicted octanol–water partition coefficient (Wildman–Crippen LogP) is 4.89. The van der Waals surface area contributed by atoms with Crippen molar-refractivity contribution in [3.63, 3.8) is 0 Å². The molecule has 49 heavy (non-hydrogen) atoms. The van der Waals surface area contributed by atoms with Crippen LogP contribution in [0.3, 0.4) is 0 Å². The molecule has 256 valence electrons. The Morgan fingerprint density at radius 1 is 1.10 bits per heavy atom. The molecule has 4 amide bonds. The van der Waals surface area contributed by atoms with E-state index in [9.17, 15) is 32.3 Å². The number of aromatic nitrogens is 2. The molecule has 11 nitrogen and oxygen atoms in total. The van der Waals surface area contributed by atoms with Crippen LogP contribution in [0.25, 0.3) is 0 Å². The van der Waals surface area contributed by atoms with Gasteiger partial charge in [-0.05, 0) is 67.7 Å². The Kier molecular flexibility index (Phi) is 7.94. The summed E-state index contributed by atoms with van der Waals surface area (Å²) >= 11 is 12.5. The SMILES string of the molecule is C[C@@]1(Cc2ccc(OC(F)(F)F)cc2)C(=O)N(c2cc(Cl)cc(Cl)c2)c2ncc(C(=O)NC3(C(=O)N4CC[C@@H](C5=CC(=O)NC5)C4)CC3)n21. The van der Waals surface area contributed by atoms with E-state index < -0.39 is 35.0 Å². The van der Waals surface area contributed by atoms with Gasteiger partial charge in [0.2, 0.25) is 17.8 Å². The third-order valence-electron chi connectivity index (χ3n) is 9.44. The molecule has 0 bridgehead atoms. The van der Waals surface area contributed by atoms with Crippen molar-refractivity contribution in [2.24, 2.45) is 5.92 Å². The summed E-state index contributed by atoms with van der Waals surface area (Å²) < 4.78 is 43.8. The molecule has 1 saturated heterocycles. The molecular formula is C33H29Cl2F3N6O5. The molecule has 0 radical (unpaired) electrons. The van der Waals surface area contributed by atoms with E-state index in [1.807, 2.05) is 0 Å². The van der Waals surface area contributed by atoms with Crippen LogP contribution in [-0.4, -0.2) is 69.6 Å². The van der Waals surface area contributed by atoms with Gasteiger partial charge in [0.1, 0.15) is 22.5 Å². The molecular weight excluding hydrogens is 688 g/mol. The monoisotopic (exact) mass is 716 g/mol. The van der Waals surface area contributed by atoms with Gasteiger partial charge in [-0.2, -0.15) is 0 Å². The number of nitrogens with one attached hydrogen (secondary N) is 2. The summed E-state index contributed by atoms with van der Waals surface area (Å²) in [6.07, 6.45) is -0.450. The van der Waals surface area contributed by atoms with Gasteiger partial charge >= 0.3 is 6.36 Å². The second kappa shape index (κ2) is 11.8. The number of benzene rings is 2. The Morgan fingerprint density at radius 3 is 2.41 bits per heavy atom. The topological polar surface area (TPSA) is 126 Å². The summed E-state index contributed by atoms with van der Waals surface area (Å²) in [6.45, 7) is 2.99. The first-order chi connectivity index (χ1) is 23.2. The lowest BCUT2D eigenvalue weighted by Gasteiger charge is -2.28. The molecule has 2 fully saturated rings. The Hall–Kier alpha value is -4.56. The average Bonchev–Trinajstić information content (AvgIpc) is 3.39. The first kappa shape index (κ1) is 33.0. The number of hydrogen-bond acceptors (Lipinski definition) is 6. The van der Waals surface area contributed by atoms with Gasteiger partial charge < -0.3 is 20.3 Å². The van der Waals surface area contributed by atoms with Crippen molar-refractivity contribution in [3.05, 3.63) is 81.6 Å². The number of fused-ring (bicyclic) bond motifs is 1. The van der Waals surface area contributed by atoms with E-state index in [-0.39, 0.29) is 45.8 Å². The fraction of sp³-hybridized carbons (Fsp3) is 0.364. The predicted molar refractivity (Wildman–Crippen MR) is 172 cm³/mol. The largest absolute Gasteiger partial charge is 0.573 e. The lowest BCUT2D eigenvalue weighted by molar-refractivity contribution is -0.274. The quantitative estimate of drug-likeness (QED) is 0.342. The van der Waals surface area contributed by atoms with Crippen LogP contribution in [0.1, 0.15) is 42.2 Å². The number of nitrogens with zero attached hydrogens (tertiary/aromatic N) is 4. The smallest absolute Gasteiger partial charge is 0.406 e. The van der Waals surface area contributed by atoms with Crippen LogP contribution >= 0.6 is 23.2 Å². The maximum atomic E-state index is 14.3. The summed E-state index contributed by atoms with van der Waals surface area (Å²) in [5.41, 5.74) is -0.871. The van der Waals surface area contributed by atoms with Crippen molar-refractivity contribution in [1.29, 1.82) is 0 Å². The number of amides is 4. The normalized spacial score (nSPS) is 22.6. The zero-order valence-electron chi connectivity index (χ0n) is 25.9. The highest BCUT2D eigenvalue weighted by Gasteiger charge is 2.56. The third kappa shape index (κ3) is 6.12. The molecule has 2 aromatic carbocycles. The molecule has 4 heterocycles. The van der Waals surface area contributed by atoms with Crippen LogP contribution in [0.4, 0.5) is 24.8 Å². The summed E-state index contributed by atoms with van der Waals surface area (Å²) in [6, 6.07) is 9.64. The summed E-state index contributed by atoms with van der Waals surface area (Å²) in [5.74, 6) is -1.74. The summed E-state index contributed by atoms with van der Waals surface area (Å²) in [5, 5.41) is 6.19. The van der Waals surface area contributed by atoms with Gasteiger partial charge in [0.05, 0.1) is 11.9 Å². The molecule has 7 rings (SSSR count). The Balaban J connectivity index is 1.18. The van der Waals surface area contributed by atoms with Crippen LogP contribution in [0, 0.1) is 5.92 Å². The number of rotatable bonds is 8. The fourth-order valence-electron chi connectivity index (χ4n) is 6.91. The van der Waals surface area contributed by atoms with Crippen LogP contribution in [0.5, 0.6) is 5.75 Å². The van der Waals surface area contributed by atoms with Crippen LogP contribution in [0.2, 0.25) is 10.0 Å². The lowest BCUT2D eigenvalue weighted by atomic mass is 9.91. The first-order valence-electron chi connectivity index (χ1n) is 15.5. The highest BCUT2D eigenvalue weighted by molar-refractivity contribution is 6.35. The van der Waals surface area contributed by atoms with Crippen LogP contribution in [-0.2, 0) is 26.3 Å². The van der Waals surface area contributed by atoms with Crippen molar-refractivity contribution in [2.75, 3.05) is 24.5 Å². The average molecular weight is 718 g/mol. The van der Waals surface area contributed by atoms with Crippen molar-refractivity contribution in [3.8, 4) is 5.75 Å². The lowest BCUT2D eigenvalue weighted by Crippen LogP contribution is -2.51. The number of carbonyl (C=O) groups is 4. The molecule has 0 unspecified atom stereocenters. The van der Waals surface area contributed by atoms with E-state index in [1.165, 1.54) is 46.0 Å². The van der Waals surface area contributed by atoms with E-state index in [1.54, 1.807) is 17.9 Å². The molecule has 1 aliphatic carbocycles. The zero-order chi connectivity index (χ0) is 34.9. The van der Waals surface area contributed by atoms with E-state index >= 15 is 0 Å². The van der Waals surface area contributed by atoms with Gasteiger partial charge in [-0.3, -0.25) is 23.7 Å². The zero-order valence-corrected chi connectivity index (χ0v) is 27.5. The molecule has 1 saturated carbocycles. The molecule has 2 atom stereocenters. The Labute approximate surface area is 288 Å². The minimum atomic E-state index is -4.87. The van der Waals surface area contributed by atoms with Crippen LogP contribution < -0.4 is 20.3 Å². The van der Waals surface area contributed by atoms with Gasteiger partial charge in [0.25, 0.3) is 11.8 Å². The van der Waals surface area contributed by atoms with Crippen molar-refractivity contribution in [1.82, 2.24) is 25.1 Å². The molecule has 2 N–H and O–H groups in total. The van der Waals surface area contributed by atoms with E-state index in [2.05, 4.69) is 20.4 Å². The minimum absolute atomic E-state index is 0.0116. The molecule has 16 heteroatoms. The summed E-state index contributed by atoms with van der Waals surface area (Å²) in [4.78, 5) is 61.2. The van der Waals surface area contributed by atoms with Gasteiger partial charge in [-0.15, -0.1) is 13.2 Å². The van der Waals surface area contributed by atoms with Gasteiger partial charge in [-0.25, -0.2) is 9.88 Å². The Morgan fingerprint density at radius 2 is 1.80 bits per heavy atom. The van der Waals surface area contributed by atoms with E-state index in [4.69, 9.17) is 23.2 Å². The van der Waals surface area contributed by atoms with Crippen molar-refractivity contribution >= 4 is 58.5 Å². The molecule has 3 aromatic rings.